The van der Waals surface area contributed by atoms with E-state index in [9.17, 15) is 14.7 Å². The van der Waals surface area contributed by atoms with Crippen LogP contribution < -0.4 is 5.73 Å². The van der Waals surface area contributed by atoms with Crippen molar-refractivity contribution in [2.24, 2.45) is 11.7 Å². The van der Waals surface area contributed by atoms with Gasteiger partial charge in [0.05, 0.1) is 6.54 Å². The quantitative estimate of drug-likeness (QED) is 0.818. The predicted octanol–water partition coefficient (Wildman–Crippen LogP) is 2.41. The summed E-state index contributed by atoms with van der Waals surface area (Å²) in [5, 5.41) is 9.76. The molecule has 0 spiro atoms. The second-order valence-corrected chi connectivity index (χ2v) is 7.37. The minimum absolute atomic E-state index is 0.0242. The van der Waals surface area contributed by atoms with E-state index in [1.807, 2.05) is 23.1 Å². The molecule has 0 bridgehead atoms. The average molecular weight is 357 g/mol. The number of carboxylic acid groups (broad SMARTS) is 1. The summed E-state index contributed by atoms with van der Waals surface area (Å²) in [7, 11) is 0. The summed E-state index contributed by atoms with van der Waals surface area (Å²) < 4.78 is 0. The van der Waals surface area contributed by atoms with Gasteiger partial charge in [0.2, 0.25) is 5.91 Å². The molecule has 26 heavy (non-hydrogen) atoms. The standard InChI is InChI=1S/C20H27N3O3/c1-14(11-15-5-3-2-4-6-15)17-12-18(17)23(20(25)26)16-7-9-22(10-8-16)13-19(21)24/h2-6,11,16-18H,7-10,12-13H2,1H3,(H2,21,24)(H,25,26)/t17?,18-/m0/s1. The number of hydrogen-bond donors (Lipinski definition) is 2. The lowest BCUT2D eigenvalue weighted by Crippen LogP contribution is -2.49. The maximum atomic E-state index is 11.9. The van der Waals surface area contributed by atoms with Crippen molar-refractivity contribution in [1.29, 1.82) is 0 Å². The van der Waals surface area contributed by atoms with Gasteiger partial charge in [0.25, 0.3) is 0 Å². The first-order chi connectivity index (χ1) is 12.5. The fourth-order valence-electron chi connectivity index (χ4n) is 4.04. The average Bonchev–Trinajstić information content (AvgIpc) is 3.37. The van der Waals surface area contributed by atoms with E-state index in [4.69, 9.17) is 5.73 Å². The number of benzene rings is 1. The molecular formula is C20H27N3O3. The van der Waals surface area contributed by atoms with Gasteiger partial charge in [-0.2, -0.15) is 0 Å². The topological polar surface area (TPSA) is 86.9 Å². The number of piperidine rings is 1. The molecule has 2 aliphatic rings. The number of carbonyl (C=O) groups excluding carboxylic acids is 1. The van der Waals surface area contributed by atoms with Crippen molar-refractivity contribution in [3.05, 3.63) is 41.5 Å². The zero-order chi connectivity index (χ0) is 18.7. The van der Waals surface area contributed by atoms with E-state index in [1.54, 1.807) is 4.90 Å². The van der Waals surface area contributed by atoms with Gasteiger partial charge in [0.15, 0.2) is 0 Å². The summed E-state index contributed by atoms with van der Waals surface area (Å²) in [6.07, 6.45) is 3.72. The molecule has 2 amide bonds. The molecular weight excluding hydrogens is 330 g/mol. The number of nitrogens with two attached hydrogens (primary N) is 1. The molecule has 1 saturated carbocycles. The minimum Gasteiger partial charge on any atom is -0.465 e. The highest BCUT2D eigenvalue weighted by molar-refractivity contribution is 5.75. The molecule has 3 N–H and O–H groups in total. The number of rotatable bonds is 6. The lowest BCUT2D eigenvalue weighted by Gasteiger charge is -2.37. The fourth-order valence-corrected chi connectivity index (χ4v) is 4.04. The predicted molar refractivity (Wildman–Crippen MR) is 101 cm³/mol. The van der Waals surface area contributed by atoms with Gasteiger partial charge in [-0.3, -0.25) is 9.69 Å². The van der Waals surface area contributed by atoms with Gasteiger partial charge in [-0.05, 0) is 31.7 Å². The normalized spacial score (nSPS) is 24.3. The van der Waals surface area contributed by atoms with Gasteiger partial charge >= 0.3 is 6.09 Å². The second kappa shape index (κ2) is 7.91. The van der Waals surface area contributed by atoms with Crippen molar-refractivity contribution in [2.45, 2.75) is 38.3 Å². The summed E-state index contributed by atoms with van der Waals surface area (Å²) in [6, 6.07) is 10.2. The Morgan fingerprint density at radius 1 is 1.27 bits per heavy atom. The number of hydrogen-bond acceptors (Lipinski definition) is 3. The third kappa shape index (κ3) is 4.43. The molecule has 1 unspecified atom stereocenters. The van der Waals surface area contributed by atoms with E-state index in [0.717, 1.165) is 24.8 Å². The number of nitrogens with zero attached hydrogens (tertiary/aromatic N) is 2. The zero-order valence-corrected chi connectivity index (χ0v) is 15.2. The molecule has 2 atom stereocenters. The second-order valence-electron chi connectivity index (χ2n) is 7.37. The first-order valence-electron chi connectivity index (χ1n) is 9.21. The molecule has 2 fully saturated rings. The van der Waals surface area contributed by atoms with Crippen LogP contribution in [-0.2, 0) is 4.79 Å². The summed E-state index contributed by atoms with van der Waals surface area (Å²) in [5.41, 5.74) is 7.63. The zero-order valence-electron chi connectivity index (χ0n) is 15.2. The maximum absolute atomic E-state index is 11.9. The maximum Gasteiger partial charge on any atom is 0.407 e. The molecule has 1 saturated heterocycles. The van der Waals surface area contributed by atoms with Crippen molar-refractivity contribution in [1.82, 2.24) is 9.80 Å². The Kier molecular flexibility index (Phi) is 5.61. The van der Waals surface area contributed by atoms with E-state index in [2.05, 4.69) is 25.1 Å². The number of carbonyl (C=O) groups is 2. The van der Waals surface area contributed by atoms with Crippen LogP contribution in [0.25, 0.3) is 6.08 Å². The van der Waals surface area contributed by atoms with Crippen LogP contribution in [0, 0.1) is 5.92 Å². The summed E-state index contributed by atoms with van der Waals surface area (Å²) in [4.78, 5) is 26.6. The van der Waals surface area contributed by atoms with E-state index in [0.29, 0.717) is 19.0 Å². The van der Waals surface area contributed by atoms with Gasteiger partial charge in [0.1, 0.15) is 0 Å². The third-order valence-electron chi connectivity index (χ3n) is 5.44. The lowest BCUT2D eigenvalue weighted by atomic mass is 10.0. The lowest BCUT2D eigenvalue weighted by molar-refractivity contribution is -0.119. The molecule has 0 radical (unpaired) electrons. The Morgan fingerprint density at radius 2 is 1.92 bits per heavy atom. The fraction of sp³-hybridized carbons (Fsp3) is 0.500. The first kappa shape index (κ1) is 18.5. The molecule has 1 aromatic carbocycles. The smallest absolute Gasteiger partial charge is 0.407 e. The molecule has 1 aliphatic heterocycles. The van der Waals surface area contributed by atoms with Crippen LogP contribution >= 0.6 is 0 Å². The van der Waals surface area contributed by atoms with E-state index >= 15 is 0 Å². The summed E-state index contributed by atoms with van der Waals surface area (Å²) in [5.74, 6) is -0.0302. The Hall–Kier alpha value is -2.34. The molecule has 140 valence electrons. The van der Waals surface area contributed by atoms with Crippen LogP contribution in [-0.4, -0.2) is 58.6 Å². The minimum atomic E-state index is -0.835. The third-order valence-corrected chi connectivity index (χ3v) is 5.44. The van der Waals surface area contributed by atoms with Gasteiger partial charge in [-0.1, -0.05) is 42.0 Å². The van der Waals surface area contributed by atoms with Crippen LogP contribution in [0.2, 0.25) is 0 Å². The van der Waals surface area contributed by atoms with Crippen LogP contribution in [0.5, 0.6) is 0 Å². The van der Waals surface area contributed by atoms with Crippen LogP contribution in [0.1, 0.15) is 31.7 Å². The number of primary amides is 1. The molecule has 1 aliphatic carbocycles. The van der Waals surface area contributed by atoms with Crippen molar-refractivity contribution >= 4 is 18.1 Å². The Bertz CT molecular complexity index is 681. The highest BCUT2D eigenvalue weighted by Gasteiger charge is 2.47. The van der Waals surface area contributed by atoms with Crippen LogP contribution in [0.4, 0.5) is 4.79 Å². The Labute approximate surface area is 154 Å². The van der Waals surface area contributed by atoms with Gasteiger partial charge in [-0.15, -0.1) is 0 Å². The summed E-state index contributed by atoms with van der Waals surface area (Å²) >= 11 is 0. The van der Waals surface area contributed by atoms with E-state index in [-0.39, 0.29) is 24.5 Å². The number of likely N-dealkylation sites (tertiary alicyclic amines) is 1. The van der Waals surface area contributed by atoms with Gasteiger partial charge < -0.3 is 15.7 Å². The molecule has 6 heteroatoms. The van der Waals surface area contributed by atoms with Crippen molar-refractivity contribution < 1.29 is 14.7 Å². The molecule has 3 rings (SSSR count). The molecule has 1 heterocycles. The van der Waals surface area contributed by atoms with Gasteiger partial charge in [-0.25, -0.2) is 4.79 Å². The van der Waals surface area contributed by atoms with Crippen LogP contribution in [0.15, 0.2) is 35.9 Å². The highest BCUT2D eigenvalue weighted by atomic mass is 16.4. The Balaban J connectivity index is 1.61. The first-order valence-corrected chi connectivity index (χ1v) is 9.21. The largest absolute Gasteiger partial charge is 0.465 e. The Morgan fingerprint density at radius 3 is 2.50 bits per heavy atom. The molecule has 0 aromatic heterocycles. The molecule has 1 aromatic rings. The number of amides is 2. The molecule has 6 nitrogen and oxygen atoms in total. The van der Waals surface area contributed by atoms with E-state index < -0.39 is 6.09 Å². The van der Waals surface area contributed by atoms with Crippen molar-refractivity contribution in [3.63, 3.8) is 0 Å². The van der Waals surface area contributed by atoms with Crippen LogP contribution in [0.3, 0.4) is 0 Å². The highest BCUT2D eigenvalue weighted by Crippen LogP contribution is 2.44. The van der Waals surface area contributed by atoms with Crippen molar-refractivity contribution in [3.8, 4) is 0 Å². The van der Waals surface area contributed by atoms with Gasteiger partial charge in [0, 0.05) is 31.1 Å². The van der Waals surface area contributed by atoms with Crippen molar-refractivity contribution in [2.75, 3.05) is 19.6 Å². The summed E-state index contributed by atoms with van der Waals surface area (Å²) in [6.45, 7) is 3.78. The van der Waals surface area contributed by atoms with E-state index in [1.165, 1.54) is 5.57 Å². The SMILES string of the molecule is CC(=Cc1ccccc1)C1C[C@@H]1N(C(=O)O)C1CCN(CC(N)=O)CC1. The monoisotopic (exact) mass is 357 g/mol.